The van der Waals surface area contributed by atoms with E-state index < -0.39 is 5.41 Å². The summed E-state index contributed by atoms with van der Waals surface area (Å²) < 4.78 is 1.98. The third-order valence-electron chi connectivity index (χ3n) is 4.87. The molecule has 0 unspecified atom stereocenters. The number of hydrogen-bond donors (Lipinski definition) is 1. The van der Waals surface area contributed by atoms with Crippen LogP contribution in [0.2, 0.25) is 0 Å². The van der Waals surface area contributed by atoms with Gasteiger partial charge in [0.1, 0.15) is 5.65 Å². The minimum Gasteiger partial charge on any atom is -0.348 e. The van der Waals surface area contributed by atoms with Crippen molar-refractivity contribution in [3.8, 4) is 0 Å². The van der Waals surface area contributed by atoms with E-state index in [1.165, 1.54) is 0 Å². The summed E-state index contributed by atoms with van der Waals surface area (Å²) in [5, 5.41) is 4.02. The molecule has 132 valence electrons. The summed E-state index contributed by atoms with van der Waals surface area (Å²) >= 11 is 0. The Hall–Kier alpha value is -2.43. The molecule has 2 aromatic rings. The summed E-state index contributed by atoms with van der Waals surface area (Å²) in [7, 11) is 0. The van der Waals surface area contributed by atoms with Gasteiger partial charge >= 0.3 is 0 Å². The van der Waals surface area contributed by atoms with Crippen LogP contribution in [0, 0.1) is 5.41 Å². The molecule has 1 amide bonds. The number of aromatic nitrogens is 2. The lowest BCUT2D eigenvalue weighted by atomic mass is 9.87. The fourth-order valence-electron chi connectivity index (χ4n) is 3.16. The maximum atomic E-state index is 12.6. The van der Waals surface area contributed by atoms with Crippen molar-refractivity contribution in [1.29, 1.82) is 0 Å². The minimum absolute atomic E-state index is 0.0209. The Bertz CT molecular complexity index is 833. The van der Waals surface area contributed by atoms with E-state index in [1.807, 2.05) is 43.5 Å². The van der Waals surface area contributed by atoms with Crippen molar-refractivity contribution in [2.45, 2.75) is 52.6 Å². The quantitative estimate of drug-likeness (QED) is 0.635. The van der Waals surface area contributed by atoms with Crippen LogP contribution in [0.1, 0.15) is 62.3 Å². The topological polar surface area (TPSA) is 64.0 Å². The third kappa shape index (κ3) is 3.50. The number of fused-ring (bicyclic) bond motifs is 1. The molecule has 0 saturated carbocycles. The molecule has 1 N–H and O–H groups in total. The molecule has 0 fully saturated rings. The van der Waals surface area contributed by atoms with Crippen molar-refractivity contribution in [3.05, 3.63) is 41.7 Å². The zero-order chi connectivity index (χ0) is 18.0. The van der Waals surface area contributed by atoms with E-state index in [4.69, 9.17) is 4.98 Å². The van der Waals surface area contributed by atoms with E-state index in [1.54, 1.807) is 0 Å². The lowest BCUT2D eigenvalue weighted by molar-refractivity contribution is -0.129. The van der Waals surface area contributed by atoms with Gasteiger partial charge in [-0.15, -0.1) is 0 Å². The number of carbonyl (C=O) groups is 2. The Labute approximate surface area is 148 Å². The van der Waals surface area contributed by atoms with Gasteiger partial charge in [-0.3, -0.25) is 9.59 Å². The Morgan fingerprint density at radius 1 is 1.32 bits per heavy atom. The zero-order valence-corrected chi connectivity index (χ0v) is 15.1. The van der Waals surface area contributed by atoms with Crippen molar-refractivity contribution >= 4 is 23.2 Å². The van der Waals surface area contributed by atoms with Gasteiger partial charge in [0.15, 0.2) is 6.29 Å². The summed E-state index contributed by atoms with van der Waals surface area (Å²) in [6.45, 7) is 6.62. The monoisotopic (exact) mass is 339 g/mol. The normalized spacial score (nSPS) is 22.4. The van der Waals surface area contributed by atoms with Crippen LogP contribution in [0.25, 0.3) is 11.0 Å². The lowest BCUT2D eigenvalue weighted by Gasteiger charge is -2.25. The second kappa shape index (κ2) is 6.82. The smallest absolute Gasteiger partial charge is 0.226 e. The number of pyridine rings is 1. The third-order valence-corrected chi connectivity index (χ3v) is 4.87. The van der Waals surface area contributed by atoms with Crippen LogP contribution in [0.4, 0.5) is 0 Å². The Morgan fingerprint density at radius 2 is 2.12 bits per heavy atom. The standard InChI is InChI=1S/C20H25N3O2/c1-14-17-9-8-15-12-16(13-24)23(18(15)22-17)11-7-5-4-6-10-20(2,3)19(25)21-14/h4,6,8-9,12-14H,5,7,10-11H2,1-3H3,(H,21,25)/b6-4-/t14-/m1/s1. The molecule has 2 bridgehead atoms. The van der Waals surface area contributed by atoms with Gasteiger partial charge in [-0.1, -0.05) is 26.0 Å². The fourth-order valence-corrected chi connectivity index (χ4v) is 3.16. The number of hydrogen-bond acceptors (Lipinski definition) is 3. The van der Waals surface area contributed by atoms with E-state index in [2.05, 4.69) is 17.5 Å². The predicted molar refractivity (Wildman–Crippen MR) is 98.5 cm³/mol. The van der Waals surface area contributed by atoms with E-state index in [0.717, 1.165) is 42.4 Å². The van der Waals surface area contributed by atoms with Crippen molar-refractivity contribution in [2.24, 2.45) is 5.41 Å². The van der Waals surface area contributed by atoms with Gasteiger partial charge in [0.25, 0.3) is 0 Å². The van der Waals surface area contributed by atoms with Gasteiger partial charge in [-0.05, 0) is 44.4 Å². The number of nitrogens with zero attached hydrogens (tertiary/aromatic N) is 2. The number of carbonyl (C=O) groups excluding carboxylic acids is 2. The number of aldehydes is 1. The SMILES string of the molecule is C[C@H]1NC(=O)C(C)(C)C/C=C\CCCn2c(C=O)cc3ccc1nc32. The summed E-state index contributed by atoms with van der Waals surface area (Å²) in [5.41, 5.74) is 1.81. The highest BCUT2D eigenvalue weighted by molar-refractivity contribution is 5.87. The van der Waals surface area contributed by atoms with E-state index >= 15 is 0 Å². The number of nitrogens with one attached hydrogen (secondary N) is 1. The van der Waals surface area contributed by atoms with Gasteiger partial charge in [0, 0.05) is 17.3 Å². The fraction of sp³-hybridized carbons (Fsp3) is 0.450. The van der Waals surface area contributed by atoms with Gasteiger partial charge in [0.05, 0.1) is 17.4 Å². The molecule has 3 rings (SSSR count). The van der Waals surface area contributed by atoms with Gasteiger partial charge < -0.3 is 9.88 Å². The summed E-state index contributed by atoms with van der Waals surface area (Å²) in [6, 6.07) is 5.58. The van der Waals surface area contributed by atoms with Gasteiger partial charge in [-0.25, -0.2) is 4.98 Å². The van der Waals surface area contributed by atoms with Crippen LogP contribution < -0.4 is 5.32 Å². The first-order valence-corrected chi connectivity index (χ1v) is 8.84. The average molecular weight is 339 g/mol. The van der Waals surface area contributed by atoms with E-state index in [9.17, 15) is 9.59 Å². The second-order valence-corrected chi connectivity index (χ2v) is 7.38. The Balaban J connectivity index is 2.05. The van der Waals surface area contributed by atoms with Crippen molar-refractivity contribution in [1.82, 2.24) is 14.9 Å². The highest BCUT2D eigenvalue weighted by atomic mass is 16.2. The molecule has 25 heavy (non-hydrogen) atoms. The van der Waals surface area contributed by atoms with E-state index in [-0.39, 0.29) is 11.9 Å². The number of allylic oxidation sites excluding steroid dienone is 2. The average Bonchev–Trinajstić information content (AvgIpc) is 2.94. The molecular weight excluding hydrogens is 314 g/mol. The molecule has 2 aromatic heterocycles. The molecule has 1 atom stereocenters. The first kappa shape index (κ1) is 17.4. The van der Waals surface area contributed by atoms with Crippen LogP contribution in [0.5, 0.6) is 0 Å². The predicted octanol–water partition coefficient (Wildman–Crippen LogP) is 3.79. The lowest BCUT2D eigenvalue weighted by Crippen LogP contribution is -2.38. The molecule has 1 aliphatic heterocycles. The minimum atomic E-state index is -0.454. The van der Waals surface area contributed by atoms with Crippen LogP contribution >= 0.6 is 0 Å². The van der Waals surface area contributed by atoms with Crippen LogP contribution in [0.15, 0.2) is 30.4 Å². The molecule has 3 heterocycles. The van der Waals surface area contributed by atoms with Crippen LogP contribution in [-0.2, 0) is 11.3 Å². The molecule has 0 aromatic carbocycles. The maximum Gasteiger partial charge on any atom is 0.226 e. The maximum absolute atomic E-state index is 12.6. The van der Waals surface area contributed by atoms with Crippen molar-refractivity contribution in [2.75, 3.05) is 0 Å². The molecule has 1 aliphatic rings. The Kier molecular flexibility index (Phi) is 4.75. The number of rotatable bonds is 1. The van der Waals surface area contributed by atoms with Crippen molar-refractivity contribution < 1.29 is 9.59 Å². The largest absolute Gasteiger partial charge is 0.348 e. The van der Waals surface area contributed by atoms with Gasteiger partial charge in [-0.2, -0.15) is 0 Å². The molecule has 0 saturated heterocycles. The van der Waals surface area contributed by atoms with Gasteiger partial charge in [0.2, 0.25) is 5.91 Å². The zero-order valence-electron chi connectivity index (χ0n) is 15.1. The number of aryl methyl sites for hydroxylation is 1. The highest BCUT2D eigenvalue weighted by Gasteiger charge is 2.28. The highest BCUT2D eigenvalue weighted by Crippen LogP contribution is 2.25. The van der Waals surface area contributed by atoms with Crippen LogP contribution in [0.3, 0.4) is 0 Å². The molecule has 0 spiro atoms. The molecule has 5 heteroatoms. The molecule has 0 aliphatic carbocycles. The first-order valence-electron chi connectivity index (χ1n) is 8.84. The molecule has 5 nitrogen and oxygen atoms in total. The summed E-state index contributed by atoms with van der Waals surface area (Å²) in [6.07, 6.45) is 7.62. The second-order valence-electron chi connectivity index (χ2n) is 7.38. The summed E-state index contributed by atoms with van der Waals surface area (Å²) in [4.78, 5) is 28.8. The first-order chi connectivity index (χ1) is 11.9. The van der Waals surface area contributed by atoms with Crippen LogP contribution in [-0.4, -0.2) is 21.7 Å². The van der Waals surface area contributed by atoms with E-state index in [0.29, 0.717) is 12.1 Å². The number of amides is 1. The summed E-state index contributed by atoms with van der Waals surface area (Å²) in [5.74, 6) is 0.0209. The Morgan fingerprint density at radius 3 is 2.88 bits per heavy atom. The molecular formula is C20H25N3O2. The molecule has 0 radical (unpaired) electrons. The van der Waals surface area contributed by atoms with Crippen molar-refractivity contribution in [3.63, 3.8) is 0 Å².